The molecule has 1 aromatic carbocycles. The van der Waals surface area contributed by atoms with E-state index in [0.29, 0.717) is 26.1 Å². The quantitative estimate of drug-likeness (QED) is 0.865. The molecule has 1 amide bonds. The first-order valence-corrected chi connectivity index (χ1v) is 8.65. The van der Waals surface area contributed by atoms with Crippen molar-refractivity contribution in [2.45, 2.75) is 25.9 Å². The number of benzene rings is 1. The van der Waals surface area contributed by atoms with Crippen molar-refractivity contribution in [1.29, 1.82) is 0 Å². The summed E-state index contributed by atoms with van der Waals surface area (Å²) >= 11 is 1.64. The Hall–Kier alpha value is -1.65. The SMILES string of the molecule is CCc1ccc(C2CN(C(=O)Cc3cccs3)CCO2)cc1. The van der Waals surface area contributed by atoms with Gasteiger partial charge in [0.1, 0.15) is 6.10 Å². The molecule has 2 heterocycles. The van der Waals surface area contributed by atoms with Gasteiger partial charge in [0.05, 0.1) is 19.6 Å². The van der Waals surface area contributed by atoms with E-state index in [2.05, 4.69) is 31.2 Å². The van der Waals surface area contributed by atoms with E-state index in [0.717, 1.165) is 16.9 Å². The summed E-state index contributed by atoms with van der Waals surface area (Å²) in [5, 5.41) is 2.01. The second-order valence-corrected chi connectivity index (χ2v) is 6.58. The Morgan fingerprint density at radius 3 is 2.82 bits per heavy atom. The standard InChI is InChI=1S/C18H21NO2S/c1-2-14-5-7-15(8-6-14)17-13-19(9-10-21-17)18(20)12-16-4-3-11-22-16/h3-8,11,17H,2,9-10,12-13H2,1H3. The molecule has 1 unspecified atom stereocenters. The predicted molar refractivity (Wildman–Crippen MR) is 89.1 cm³/mol. The lowest BCUT2D eigenvalue weighted by molar-refractivity contribution is -0.138. The molecule has 3 nitrogen and oxygen atoms in total. The Labute approximate surface area is 135 Å². The van der Waals surface area contributed by atoms with Crippen LogP contribution in [0.15, 0.2) is 41.8 Å². The minimum absolute atomic E-state index is 0.00746. The van der Waals surface area contributed by atoms with E-state index in [1.165, 1.54) is 5.56 Å². The average Bonchev–Trinajstić information content (AvgIpc) is 3.08. The van der Waals surface area contributed by atoms with Crippen molar-refractivity contribution in [2.24, 2.45) is 0 Å². The number of hydrogen-bond acceptors (Lipinski definition) is 3. The molecule has 3 rings (SSSR count). The third-order valence-corrected chi connectivity index (χ3v) is 4.96. The van der Waals surface area contributed by atoms with Gasteiger partial charge in [0.15, 0.2) is 0 Å². The van der Waals surface area contributed by atoms with Crippen LogP contribution in [0.1, 0.15) is 29.0 Å². The Morgan fingerprint density at radius 2 is 2.14 bits per heavy atom. The number of ether oxygens (including phenoxy) is 1. The zero-order valence-electron chi connectivity index (χ0n) is 12.8. The van der Waals surface area contributed by atoms with Gasteiger partial charge >= 0.3 is 0 Å². The van der Waals surface area contributed by atoms with Gasteiger partial charge in [-0.2, -0.15) is 0 Å². The topological polar surface area (TPSA) is 29.5 Å². The van der Waals surface area contributed by atoms with Crippen LogP contribution in [0.4, 0.5) is 0 Å². The van der Waals surface area contributed by atoms with E-state index in [-0.39, 0.29) is 12.0 Å². The molecule has 0 radical (unpaired) electrons. The van der Waals surface area contributed by atoms with E-state index in [1.54, 1.807) is 11.3 Å². The average molecular weight is 315 g/mol. The molecule has 1 fully saturated rings. The largest absolute Gasteiger partial charge is 0.370 e. The Balaban J connectivity index is 1.64. The fraction of sp³-hybridized carbons (Fsp3) is 0.389. The molecule has 2 aromatic rings. The highest BCUT2D eigenvalue weighted by atomic mass is 32.1. The number of rotatable bonds is 4. The van der Waals surface area contributed by atoms with E-state index in [1.807, 2.05) is 22.4 Å². The van der Waals surface area contributed by atoms with Gasteiger partial charge in [-0.1, -0.05) is 37.3 Å². The summed E-state index contributed by atoms with van der Waals surface area (Å²) in [7, 11) is 0. The summed E-state index contributed by atoms with van der Waals surface area (Å²) in [5.74, 6) is 0.195. The first-order valence-electron chi connectivity index (χ1n) is 7.77. The van der Waals surface area contributed by atoms with Crippen molar-refractivity contribution in [1.82, 2.24) is 4.90 Å². The van der Waals surface area contributed by atoms with Crippen LogP contribution in [-0.4, -0.2) is 30.5 Å². The normalized spacial score (nSPS) is 18.4. The predicted octanol–water partition coefficient (Wildman–Crippen LogP) is 3.45. The summed E-state index contributed by atoms with van der Waals surface area (Å²) in [6.07, 6.45) is 1.53. The van der Waals surface area contributed by atoms with Crippen LogP contribution >= 0.6 is 11.3 Å². The lowest BCUT2D eigenvalue weighted by atomic mass is 10.0. The minimum Gasteiger partial charge on any atom is -0.370 e. The third-order valence-electron chi connectivity index (χ3n) is 4.08. The minimum atomic E-state index is -0.00746. The van der Waals surface area contributed by atoms with E-state index in [9.17, 15) is 4.79 Å². The molecule has 0 aliphatic carbocycles. The number of aryl methyl sites for hydroxylation is 1. The fourth-order valence-electron chi connectivity index (χ4n) is 2.72. The van der Waals surface area contributed by atoms with Gasteiger partial charge in [-0.05, 0) is 29.0 Å². The Kier molecular flexibility index (Phi) is 4.90. The zero-order valence-corrected chi connectivity index (χ0v) is 13.6. The third kappa shape index (κ3) is 3.57. The van der Waals surface area contributed by atoms with Gasteiger partial charge in [0, 0.05) is 11.4 Å². The van der Waals surface area contributed by atoms with Crippen LogP contribution in [0.2, 0.25) is 0 Å². The fourth-order valence-corrected chi connectivity index (χ4v) is 3.42. The summed E-state index contributed by atoms with van der Waals surface area (Å²) in [5.41, 5.74) is 2.48. The molecule has 116 valence electrons. The molecule has 1 atom stereocenters. The van der Waals surface area contributed by atoms with Crippen molar-refractivity contribution in [3.63, 3.8) is 0 Å². The van der Waals surface area contributed by atoms with Crippen LogP contribution < -0.4 is 0 Å². The maximum absolute atomic E-state index is 12.4. The first kappa shape index (κ1) is 15.3. The maximum atomic E-state index is 12.4. The molecule has 1 aromatic heterocycles. The van der Waals surface area contributed by atoms with E-state index >= 15 is 0 Å². The molecule has 1 aliphatic heterocycles. The van der Waals surface area contributed by atoms with Gasteiger partial charge < -0.3 is 9.64 Å². The van der Waals surface area contributed by atoms with Gasteiger partial charge in [-0.3, -0.25) is 4.79 Å². The summed E-state index contributed by atoms with van der Waals surface area (Å²) in [6, 6.07) is 12.5. The lowest BCUT2D eigenvalue weighted by Crippen LogP contribution is -2.42. The van der Waals surface area contributed by atoms with Crippen LogP contribution in [-0.2, 0) is 22.4 Å². The van der Waals surface area contributed by atoms with Crippen molar-refractivity contribution in [3.8, 4) is 0 Å². The molecule has 0 N–H and O–H groups in total. The van der Waals surface area contributed by atoms with Crippen LogP contribution in [0, 0.1) is 0 Å². The molecule has 4 heteroatoms. The number of nitrogens with zero attached hydrogens (tertiary/aromatic N) is 1. The van der Waals surface area contributed by atoms with Crippen molar-refractivity contribution < 1.29 is 9.53 Å². The van der Waals surface area contributed by atoms with E-state index in [4.69, 9.17) is 4.74 Å². The molecule has 0 saturated carbocycles. The summed E-state index contributed by atoms with van der Waals surface area (Å²) in [4.78, 5) is 15.5. The van der Waals surface area contributed by atoms with Gasteiger partial charge in [-0.15, -0.1) is 11.3 Å². The van der Waals surface area contributed by atoms with Crippen LogP contribution in [0.3, 0.4) is 0 Å². The van der Waals surface area contributed by atoms with Gasteiger partial charge in [0.2, 0.25) is 5.91 Å². The Bertz CT molecular complexity index is 607. The molecule has 22 heavy (non-hydrogen) atoms. The smallest absolute Gasteiger partial charge is 0.228 e. The number of hydrogen-bond donors (Lipinski definition) is 0. The summed E-state index contributed by atoms with van der Waals surface area (Å²) in [6.45, 7) is 4.09. The number of morpholine rings is 1. The summed E-state index contributed by atoms with van der Waals surface area (Å²) < 4.78 is 5.86. The second kappa shape index (κ2) is 7.07. The maximum Gasteiger partial charge on any atom is 0.228 e. The van der Waals surface area contributed by atoms with Crippen molar-refractivity contribution in [2.75, 3.05) is 19.7 Å². The number of carbonyl (C=O) groups is 1. The van der Waals surface area contributed by atoms with Crippen molar-refractivity contribution in [3.05, 3.63) is 57.8 Å². The molecule has 1 aliphatic rings. The Morgan fingerprint density at radius 1 is 1.32 bits per heavy atom. The molecule has 0 bridgehead atoms. The van der Waals surface area contributed by atoms with E-state index < -0.39 is 0 Å². The monoisotopic (exact) mass is 315 g/mol. The molecule has 1 saturated heterocycles. The van der Waals surface area contributed by atoms with Crippen LogP contribution in [0.25, 0.3) is 0 Å². The highest BCUT2D eigenvalue weighted by Crippen LogP contribution is 2.23. The molecular weight excluding hydrogens is 294 g/mol. The highest BCUT2D eigenvalue weighted by molar-refractivity contribution is 7.10. The zero-order chi connectivity index (χ0) is 15.4. The second-order valence-electron chi connectivity index (χ2n) is 5.55. The lowest BCUT2D eigenvalue weighted by Gasteiger charge is -2.33. The van der Waals surface area contributed by atoms with Crippen molar-refractivity contribution >= 4 is 17.2 Å². The van der Waals surface area contributed by atoms with Crippen LogP contribution in [0.5, 0.6) is 0 Å². The molecule has 0 spiro atoms. The van der Waals surface area contributed by atoms with Gasteiger partial charge in [0.25, 0.3) is 0 Å². The number of amides is 1. The van der Waals surface area contributed by atoms with Gasteiger partial charge in [-0.25, -0.2) is 0 Å². The number of thiophene rings is 1. The molecular formula is C18H21NO2S. The highest BCUT2D eigenvalue weighted by Gasteiger charge is 2.25. The first-order chi connectivity index (χ1) is 10.8. The number of carbonyl (C=O) groups excluding carboxylic acids is 1.